The van der Waals surface area contributed by atoms with Crippen molar-refractivity contribution in [2.75, 3.05) is 23.4 Å². The first kappa shape index (κ1) is 20.0. The minimum absolute atomic E-state index is 0.0317. The largest absolute Gasteiger partial charge is 0.459 e. The van der Waals surface area contributed by atoms with E-state index in [2.05, 4.69) is 10.2 Å². The van der Waals surface area contributed by atoms with E-state index >= 15 is 0 Å². The molecule has 6 rings (SSSR count). The van der Waals surface area contributed by atoms with E-state index in [1.165, 1.54) is 5.56 Å². The molecule has 0 saturated heterocycles. The van der Waals surface area contributed by atoms with Crippen LogP contribution in [-0.2, 0) is 19.4 Å². The van der Waals surface area contributed by atoms with Crippen LogP contribution in [0.25, 0.3) is 11.0 Å². The molecule has 0 atom stereocenters. The van der Waals surface area contributed by atoms with E-state index in [-0.39, 0.29) is 17.9 Å². The molecule has 2 aromatic heterocycles. The Morgan fingerprint density at radius 1 is 1.19 bits per heavy atom. The molecule has 1 aliphatic heterocycles. The molecule has 32 heavy (non-hydrogen) atoms. The van der Waals surface area contributed by atoms with E-state index in [4.69, 9.17) is 26.0 Å². The van der Waals surface area contributed by atoms with Crippen LogP contribution in [0.3, 0.4) is 0 Å². The van der Waals surface area contributed by atoms with Crippen molar-refractivity contribution in [3.05, 3.63) is 45.8 Å². The first-order valence-electron chi connectivity index (χ1n) is 11.3. The summed E-state index contributed by atoms with van der Waals surface area (Å²) in [6.45, 7) is 1.37. The van der Waals surface area contributed by atoms with Gasteiger partial charge in [-0.25, -0.2) is 4.98 Å². The zero-order valence-corrected chi connectivity index (χ0v) is 18.5. The summed E-state index contributed by atoms with van der Waals surface area (Å²) in [5.41, 5.74) is 3.05. The van der Waals surface area contributed by atoms with Crippen molar-refractivity contribution in [3.8, 4) is 0 Å². The number of benzene rings is 1. The summed E-state index contributed by atoms with van der Waals surface area (Å²) in [6.07, 6.45) is 5.73. The van der Waals surface area contributed by atoms with E-state index in [0.717, 1.165) is 67.5 Å². The zero-order valence-electron chi connectivity index (χ0n) is 17.8. The average molecular weight is 453 g/mol. The van der Waals surface area contributed by atoms with Gasteiger partial charge in [0.05, 0.1) is 29.9 Å². The van der Waals surface area contributed by atoms with Crippen LogP contribution < -0.4 is 10.2 Å². The number of hydrogen-bond acceptors (Lipinski definition) is 7. The van der Waals surface area contributed by atoms with Gasteiger partial charge < -0.3 is 19.7 Å². The first-order valence-corrected chi connectivity index (χ1v) is 11.7. The fraction of sp³-hybridized carbons (Fsp3) is 0.458. The van der Waals surface area contributed by atoms with Crippen LogP contribution in [0, 0.1) is 0 Å². The van der Waals surface area contributed by atoms with Crippen LogP contribution in [0.1, 0.15) is 59.5 Å². The molecule has 2 aliphatic carbocycles. The summed E-state index contributed by atoms with van der Waals surface area (Å²) in [5, 5.41) is 15.2. The van der Waals surface area contributed by atoms with Crippen LogP contribution in [0.2, 0.25) is 5.02 Å². The van der Waals surface area contributed by atoms with Crippen LogP contribution in [-0.4, -0.2) is 39.5 Å². The predicted octanol–water partition coefficient (Wildman–Crippen LogP) is 4.28. The van der Waals surface area contributed by atoms with Crippen molar-refractivity contribution in [2.24, 2.45) is 0 Å². The Labute approximate surface area is 190 Å². The number of aliphatic hydroxyl groups is 1. The number of furan rings is 1. The van der Waals surface area contributed by atoms with Gasteiger partial charge in [0.2, 0.25) is 5.95 Å². The number of carbonyl (C=O) groups is 1. The number of aryl methyl sites for hydroxylation is 1. The second-order valence-electron chi connectivity index (χ2n) is 9.20. The second kappa shape index (κ2) is 7.46. The number of aliphatic hydroxyl groups excluding tert-OH is 1. The van der Waals surface area contributed by atoms with Gasteiger partial charge in [-0.05, 0) is 50.7 Å². The van der Waals surface area contributed by atoms with Crippen LogP contribution >= 0.6 is 11.6 Å². The third kappa shape index (κ3) is 3.18. The van der Waals surface area contributed by atoms with Crippen molar-refractivity contribution in [1.29, 1.82) is 0 Å². The average Bonchev–Trinajstić information content (AvgIpc) is 3.12. The maximum atomic E-state index is 12.7. The van der Waals surface area contributed by atoms with Gasteiger partial charge in [0.1, 0.15) is 17.2 Å². The first-order chi connectivity index (χ1) is 15.5. The summed E-state index contributed by atoms with van der Waals surface area (Å²) in [6, 6.07) is 5.77. The van der Waals surface area contributed by atoms with Crippen molar-refractivity contribution in [1.82, 2.24) is 9.97 Å². The molecule has 3 aromatic rings. The summed E-state index contributed by atoms with van der Waals surface area (Å²) >= 11 is 6.14. The fourth-order valence-electron chi connectivity index (χ4n) is 5.16. The standard InChI is InChI=1S/C24H25ClN4O3/c25-14-5-6-15-16-7-10-29(12-20(16)32-19(15)11-14)23-26-17-3-1-4-18(31)21(17)22(27-23)28-24(13-30)8-2-9-24/h5-6,11,30H,1-4,7-10,12-13H2,(H,26,27,28). The molecule has 3 aliphatic rings. The number of Topliss-reactive ketones (excluding diaryl/α,β-unsaturated/α-hetero) is 1. The number of hydrogen-bond donors (Lipinski definition) is 2. The number of nitrogens with one attached hydrogen (secondary N) is 1. The highest BCUT2D eigenvalue weighted by atomic mass is 35.5. The molecule has 0 bridgehead atoms. The van der Waals surface area contributed by atoms with Gasteiger partial charge >= 0.3 is 0 Å². The van der Waals surface area contributed by atoms with Gasteiger partial charge in [-0.1, -0.05) is 11.6 Å². The van der Waals surface area contributed by atoms with Gasteiger partial charge in [-0.3, -0.25) is 4.79 Å². The number of fused-ring (bicyclic) bond motifs is 4. The highest BCUT2D eigenvalue weighted by Gasteiger charge is 2.39. The zero-order chi connectivity index (χ0) is 21.9. The molecule has 8 heteroatoms. The van der Waals surface area contributed by atoms with E-state index in [0.29, 0.717) is 35.3 Å². The van der Waals surface area contributed by atoms with E-state index in [1.54, 1.807) is 0 Å². The Morgan fingerprint density at radius 2 is 2.06 bits per heavy atom. The minimum atomic E-state index is -0.385. The molecule has 0 radical (unpaired) electrons. The van der Waals surface area contributed by atoms with Gasteiger partial charge in [-0.2, -0.15) is 4.98 Å². The van der Waals surface area contributed by atoms with Crippen molar-refractivity contribution >= 4 is 40.1 Å². The molecule has 0 amide bonds. The SMILES string of the molecule is O=C1CCCc2nc(N3CCc4c(oc5cc(Cl)ccc45)C3)nc(NC3(CO)CCC3)c21. The lowest BCUT2D eigenvalue weighted by molar-refractivity contribution is 0.0970. The number of ketones is 1. The van der Waals surface area contributed by atoms with Crippen LogP contribution in [0.4, 0.5) is 11.8 Å². The van der Waals surface area contributed by atoms with Gasteiger partial charge in [0, 0.05) is 35.0 Å². The summed E-state index contributed by atoms with van der Waals surface area (Å²) < 4.78 is 6.12. The Balaban J connectivity index is 1.38. The van der Waals surface area contributed by atoms with Crippen LogP contribution in [0.5, 0.6) is 0 Å². The smallest absolute Gasteiger partial charge is 0.227 e. The highest BCUT2D eigenvalue weighted by Crippen LogP contribution is 2.38. The molecule has 7 nitrogen and oxygen atoms in total. The lowest BCUT2D eigenvalue weighted by Crippen LogP contribution is -2.49. The molecule has 3 heterocycles. The van der Waals surface area contributed by atoms with Gasteiger partial charge in [-0.15, -0.1) is 0 Å². The number of halogens is 1. The van der Waals surface area contributed by atoms with Gasteiger partial charge in [0.25, 0.3) is 0 Å². The Hall–Kier alpha value is -2.64. The van der Waals surface area contributed by atoms with Crippen molar-refractivity contribution < 1.29 is 14.3 Å². The molecule has 166 valence electrons. The maximum absolute atomic E-state index is 12.7. The minimum Gasteiger partial charge on any atom is -0.459 e. The predicted molar refractivity (Wildman–Crippen MR) is 123 cm³/mol. The molecule has 0 unspecified atom stereocenters. The highest BCUT2D eigenvalue weighted by molar-refractivity contribution is 6.31. The summed E-state index contributed by atoms with van der Waals surface area (Å²) in [7, 11) is 0. The monoisotopic (exact) mass is 452 g/mol. The molecular weight excluding hydrogens is 428 g/mol. The topological polar surface area (TPSA) is 91.5 Å². The number of nitrogens with zero attached hydrogens (tertiary/aromatic N) is 3. The second-order valence-corrected chi connectivity index (χ2v) is 9.64. The third-order valence-corrected chi connectivity index (χ3v) is 7.39. The third-order valence-electron chi connectivity index (χ3n) is 7.15. The van der Waals surface area contributed by atoms with E-state index in [9.17, 15) is 9.90 Å². The molecule has 1 aromatic carbocycles. The Bertz CT molecular complexity index is 1230. The number of rotatable bonds is 4. The molecular formula is C24H25ClN4O3. The number of aromatic nitrogens is 2. The van der Waals surface area contributed by atoms with Gasteiger partial charge in [0.15, 0.2) is 5.78 Å². The maximum Gasteiger partial charge on any atom is 0.227 e. The van der Waals surface area contributed by atoms with E-state index < -0.39 is 0 Å². The van der Waals surface area contributed by atoms with Crippen molar-refractivity contribution in [2.45, 2.75) is 57.0 Å². The molecule has 2 N–H and O–H groups in total. The molecule has 0 spiro atoms. The lowest BCUT2D eigenvalue weighted by atomic mass is 9.77. The quantitative estimate of drug-likeness (QED) is 0.610. The molecule has 1 fully saturated rings. The van der Waals surface area contributed by atoms with Crippen LogP contribution in [0.15, 0.2) is 22.6 Å². The fourth-order valence-corrected chi connectivity index (χ4v) is 5.33. The Kier molecular flexibility index (Phi) is 4.66. The summed E-state index contributed by atoms with van der Waals surface area (Å²) in [5.74, 6) is 2.18. The molecule has 1 saturated carbocycles. The summed E-state index contributed by atoms with van der Waals surface area (Å²) in [4.78, 5) is 24.5. The normalized spacial score (nSPS) is 19.4. The Morgan fingerprint density at radius 3 is 2.84 bits per heavy atom. The van der Waals surface area contributed by atoms with Crippen molar-refractivity contribution in [3.63, 3.8) is 0 Å². The van der Waals surface area contributed by atoms with E-state index in [1.807, 2.05) is 18.2 Å². The number of anilines is 2. The lowest BCUT2D eigenvalue weighted by Gasteiger charge is -2.42. The number of carbonyl (C=O) groups excluding carboxylic acids is 1.